The van der Waals surface area contributed by atoms with Gasteiger partial charge in [-0.05, 0) is 37.8 Å². The fourth-order valence-corrected chi connectivity index (χ4v) is 1.94. The van der Waals surface area contributed by atoms with Crippen LogP contribution in [0.3, 0.4) is 0 Å². The first-order valence-electron chi connectivity index (χ1n) is 6.78. The van der Waals surface area contributed by atoms with Crippen LogP contribution in [0.5, 0.6) is 5.75 Å². The van der Waals surface area contributed by atoms with Crippen LogP contribution in [0.25, 0.3) is 0 Å². The minimum Gasteiger partial charge on any atom is -0.487 e. The highest BCUT2D eigenvalue weighted by Crippen LogP contribution is 2.26. The van der Waals surface area contributed by atoms with E-state index in [0.29, 0.717) is 12.2 Å². The summed E-state index contributed by atoms with van der Waals surface area (Å²) in [4.78, 5) is 0. The summed E-state index contributed by atoms with van der Waals surface area (Å²) in [6, 6.07) is 5.10. The summed E-state index contributed by atoms with van der Waals surface area (Å²) in [6.07, 6.45) is 3.51. The van der Waals surface area contributed by atoms with E-state index in [9.17, 15) is 4.39 Å². The molecule has 0 saturated heterocycles. The Kier molecular flexibility index (Phi) is 6.13. The lowest BCUT2D eigenvalue weighted by Crippen LogP contribution is -2.22. The maximum Gasteiger partial charge on any atom is 0.165 e. The van der Waals surface area contributed by atoms with Crippen molar-refractivity contribution in [3.63, 3.8) is 0 Å². The molecule has 2 nitrogen and oxygen atoms in total. The molecule has 0 heterocycles. The van der Waals surface area contributed by atoms with Gasteiger partial charge in [0, 0.05) is 6.04 Å². The van der Waals surface area contributed by atoms with Crippen LogP contribution in [-0.4, -0.2) is 12.1 Å². The molecule has 0 aliphatic rings. The van der Waals surface area contributed by atoms with Crippen LogP contribution in [0.4, 0.5) is 4.39 Å². The first-order valence-corrected chi connectivity index (χ1v) is 6.78. The Bertz CT molecular complexity index is 368. The van der Waals surface area contributed by atoms with Gasteiger partial charge in [0.05, 0.1) is 6.10 Å². The highest BCUT2D eigenvalue weighted by Gasteiger charge is 2.14. The number of benzene rings is 1. The molecule has 3 heteroatoms. The van der Waals surface area contributed by atoms with Crippen LogP contribution in [0.1, 0.15) is 45.6 Å². The Morgan fingerprint density at radius 1 is 1.33 bits per heavy atom. The van der Waals surface area contributed by atoms with E-state index in [-0.39, 0.29) is 18.0 Å². The molecular weight excluding hydrogens is 229 g/mol. The number of nitrogens with two attached hydrogens (primary N) is 1. The van der Waals surface area contributed by atoms with E-state index in [0.717, 1.165) is 24.8 Å². The van der Waals surface area contributed by atoms with Crippen molar-refractivity contribution in [2.75, 3.05) is 0 Å². The molecule has 1 aromatic rings. The quantitative estimate of drug-likeness (QED) is 0.804. The van der Waals surface area contributed by atoms with E-state index < -0.39 is 0 Å². The topological polar surface area (TPSA) is 35.2 Å². The highest BCUT2D eigenvalue weighted by molar-refractivity contribution is 5.35. The van der Waals surface area contributed by atoms with Gasteiger partial charge in [-0.25, -0.2) is 4.39 Å². The Labute approximate surface area is 109 Å². The van der Waals surface area contributed by atoms with Crippen LogP contribution in [0, 0.1) is 5.82 Å². The van der Waals surface area contributed by atoms with Crippen molar-refractivity contribution < 1.29 is 9.13 Å². The summed E-state index contributed by atoms with van der Waals surface area (Å²) in [5.74, 6) is 0.0844. The fourth-order valence-electron chi connectivity index (χ4n) is 1.94. The molecule has 2 N–H and O–H groups in total. The number of para-hydroxylation sites is 1. The van der Waals surface area contributed by atoms with Gasteiger partial charge >= 0.3 is 0 Å². The first-order chi connectivity index (χ1) is 8.58. The summed E-state index contributed by atoms with van der Waals surface area (Å²) in [7, 11) is 0. The third kappa shape index (κ3) is 4.30. The zero-order valence-electron chi connectivity index (χ0n) is 11.6. The van der Waals surface area contributed by atoms with E-state index >= 15 is 0 Å². The molecule has 0 saturated carbocycles. The third-order valence-electron chi connectivity index (χ3n) is 3.07. The molecule has 2 unspecified atom stereocenters. The lowest BCUT2D eigenvalue weighted by atomic mass is 10.0. The number of halogens is 1. The second-order valence-corrected chi connectivity index (χ2v) is 4.82. The average Bonchev–Trinajstić information content (AvgIpc) is 2.33. The minimum atomic E-state index is -0.293. The molecule has 0 radical (unpaired) electrons. The lowest BCUT2D eigenvalue weighted by Gasteiger charge is -2.19. The SMILES string of the molecule is CCCC(C)Oc1c(F)cccc1CC(N)CC. The van der Waals surface area contributed by atoms with Crippen LogP contribution in [0.2, 0.25) is 0 Å². The molecule has 0 aliphatic heterocycles. The summed E-state index contributed by atoms with van der Waals surface area (Å²) < 4.78 is 19.6. The zero-order valence-corrected chi connectivity index (χ0v) is 11.6. The number of hydrogen-bond donors (Lipinski definition) is 1. The summed E-state index contributed by atoms with van der Waals surface area (Å²) in [5.41, 5.74) is 6.80. The lowest BCUT2D eigenvalue weighted by molar-refractivity contribution is 0.198. The van der Waals surface area contributed by atoms with Gasteiger partial charge in [-0.15, -0.1) is 0 Å². The summed E-state index contributed by atoms with van der Waals surface area (Å²) >= 11 is 0. The Balaban J connectivity index is 2.86. The molecule has 102 valence electrons. The van der Waals surface area contributed by atoms with E-state index in [1.165, 1.54) is 6.07 Å². The van der Waals surface area contributed by atoms with Crippen LogP contribution in [0.15, 0.2) is 18.2 Å². The predicted molar refractivity (Wildman–Crippen MR) is 73.4 cm³/mol. The molecule has 0 aromatic heterocycles. The van der Waals surface area contributed by atoms with Gasteiger partial charge in [-0.1, -0.05) is 32.4 Å². The van der Waals surface area contributed by atoms with Gasteiger partial charge in [0.1, 0.15) is 0 Å². The van der Waals surface area contributed by atoms with Crippen molar-refractivity contribution in [2.24, 2.45) is 5.73 Å². The largest absolute Gasteiger partial charge is 0.487 e. The fraction of sp³-hybridized carbons (Fsp3) is 0.600. The number of rotatable bonds is 7. The number of hydrogen-bond acceptors (Lipinski definition) is 2. The predicted octanol–water partition coefficient (Wildman–Crippen LogP) is 3.67. The van der Waals surface area contributed by atoms with Crippen LogP contribution in [-0.2, 0) is 6.42 Å². The molecule has 0 fully saturated rings. The highest BCUT2D eigenvalue weighted by atomic mass is 19.1. The normalized spacial score (nSPS) is 14.3. The Morgan fingerprint density at radius 2 is 2.06 bits per heavy atom. The van der Waals surface area contributed by atoms with E-state index in [1.54, 1.807) is 6.07 Å². The second-order valence-electron chi connectivity index (χ2n) is 4.82. The summed E-state index contributed by atoms with van der Waals surface area (Å²) in [6.45, 7) is 6.10. The standard InChI is InChI=1S/C15H24FNO/c1-4-7-11(3)18-15-12(10-13(17)5-2)8-6-9-14(15)16/h6,8-9,11,13H,4-5,7,10,17H2,1-3H3. The minimum absolute atomic E-state index is 0.0310. The molecule has 0 amide bonds. The maximum atomic E-state index is 13.8. The summed E-state index contributed by atoms with van der Waals surface area (Å²) in [5, 5.41) is 0. The Hall–Kier alpha value is -1.09. The van der Waals surface area contributed by atoms with Gasteiger partial charge in [0.2, 0.25) is 0 Å². The van der Waals surface area contributed by atoms with E-state index in [1.807, 2.05) is 19.9 Å². The van der Waals surface area contributed by atoms with Crippen molar-refractivity contribution in [2.45, 2.75) is 58.6 Å². The molecule has 2 atom stereocenters. The van der Waals surface area contributed by atoms with Gasteiger partial charge in [0.15, 0.2) is 11.6 Å². The first kappa shape index (κ1) is 15.0. The molecular formula is C15H24FNO. The average molecular weight is 253 g/mol. The van der Waals surface area contributed by atoms with Gasteiger partial charge < -0.3 is 10.5 Å². The van der Waals surface area contributed by atoms with Gasteiger partial charge in [0.25, 0.3) is 0 Å². The van der Waals surface area contributed by atoms with Crippen LogP contribution < -0.4 is 10.5 Å². The Morgan fingerprint density at radius 3 is 2.67 bits per heavy atom. The van der Waals surface area contributed by atoms with Crippen molar-refractivity contribution in [1.29, 1.82) is 0 Å². The van der Waals surface area contributed by atoms with E-state index in [4.69, 9.17) is 10.5 Å². The molecule has 1 aromatic carbocycles. The molecule has 1 rings (SSSR count). The van der Waals surface area contributed by atoms with Crippen molar-refractivity contribution >= 4 is 0 Å². The zero-order chi connectivity index (χ0) is 13.5. The molecule has 0 aliphatic carbocycles. The van der Waals surface area contributed by atoms with Crippen molar-refractivity contribution in [3.05, 3.63) is 29.6 Å². The smallest absolute Gasteiger partial charge is 0.165 e. The van der Waals surface area contributed by atoms with E-state index in [2.05, 4.69) is 6.92 Å². The van der Waals surface area contributed by atoms with Crippen LogP contribution >= 0.6 is 0 Å². The second kappa shape index (κ2) is 7.37. The molecule has 0 spiro atoms. The third-order valence-corrected chi connectivity index (χ3v) is 3.07. The maximum absolute atomic E-state index is 13.8. The monoisotopic (exact) mass is 253 g/mol. The van der Waals surface area contributed by atoms with Gasteiger partial charge in [-0.2, -0.15) is 0 Å². The molecule has 0 bridgehead atoms. The number of ether oxygens (including phenoxy) is 1. The van der Waals surface area contributed by atoms with Crippen molar-refractivity contribution in [1.82, 2.24) is 0 Å². The molecule has 18 heavy (non-hydrogen) atoms. The van der Waals surface area contributed by atoms with Crippen molar-refractivity contribution in [3.8, 4) is 5.75 Å². The van der Waals surface area contributed by atoms with Gasteiger partial charge in [-0.3, -0.25) is 0 Å².